The summed E-state index contributed by atoms with van der Waals surface area (Å²) in [6.45, 7) is 6.34. The lowest BCUT2D eigenvalue weighted by atomic mass is 10.0. The van der Waals surface area contributed by atoms with Gasteiger partial charge in [0.2, 0.25) is 5.91 Å². The second kappa shape index (κ2) is 43.2. The van der Waals surface area contributed by atoms with E-state index in [4.69, 9.17) is 4.74 Å². The summed E-state index contributed by atoms with van der Waals surface area (Å²) in [5.74, 6) is -0.489. The molecule has 3 unspecified atom stereocenters. The van der Waals surface area contributed by atoms with Gasteiger partial charge in [0.25, 0.3) is 0 Å². The van der Waals surface area contributed by atoms with Gasteiger partial charge in [-0.1, -0.05) is 186 Å². The van der Waals surface area contributed by atoms with Crippen LogP contribution < -0.4 is 5.32 Å². The van der Waals surface area contributed by atoms with Gasteiger partial charge in [-0.05, 0) is 77.0 Å². The van der Waals surface area contributed by atoms with E-state index in [0.717, 1.165) is 83.5 Å². The minimum atomic E-state index is -0.787. The van der Waals surface area contributed by atoms with Crippen LogP contribution in [0.1, 0.15) is 239 Å². The smallest absolute Gasteiger partial charge is 0.306 e. The van der Waals surface area contributed by atoms with Gasteiger partial charge < -0.3 is 20.3 Å². The standard InChI is InChI=1S/C49H91NO5/c1-4-7-10-13-16-19-21-23-25-27-30-33-36-39-42-49(54)55-45(40-37-34-31-29-26-24-22-20-17-14-11-8-5-2)43-48(53)50-46(44-51)47(52)41-38-35-32-28-18-15-12-9-6-3/h7,10,16,19-20,22,45-47,51-52H,4-6,8-9,11-15,17-18,21,23-44H2,1-3H3,(H,50,53)/b10-7+,19-16+,22-20-. The van der Waals surface area contributed by atoms with Gasteiger partial charge in [-0.3, -0.25) is 9.59 Å². The lowest BCUT2D eigenvalue weighted by molar-refractivity contribution is -0.151. The molecular weight excluding hydrogens is 683 g/mol. The number of aliphatic hydroxyl groups excluding tert-OH is 2. The highest BCUT2D eigenvalue weighted by atomic mass is 16.5. The largest absolute Gasteiger partial charge is 0.462 e. The average molecular weight is 774 g/mol. The molecule has 0 aliphatic carbocycles. The van der Waals surface area contributed by atoms with E-state index in [1.165, 1.54) is 109 Å². The molecule has 6 heteroatoms. The third kappa shape index (κ3) is 38.7. The van der Waals surface area contributed by atoms with E-state index in [1.807, 2.05) is 0 Å². The fourth-order valence-electron chi connectivity index (χ4n) is 7.11. The summed E-state index contributed by atoms with van der Waals surface area (Å²) >= 11 is 0. The zero-order valence-corrected chi connectivity index (χ0v) is 36.6. The first-order chi connectivity index (χ1) is 27.0. The Morgan fingerprint density at radius 1 is 0.545 bits per heavy atom. The van der Waals surface area contributed by atoms with Gasteiger partial charge in [-0.25, -0.2) is 0 Å². The van der Waals surface area contributed by atoms with E-state index in [-0.39, 0.29) is 24.9 Å². The van der Waals surface area contributed by atoms with Crippen molar-refractivity contribution in [2.75, 3.05) is 6.61 Å². The maximum Gasteiger partial charge on any atom is 0.306 e. The number of hydrogen-bond acceptors (Lipinski definition) is 5. The topological polar surface area (TPSA) is 95.9 Å². The molecule has 0 aromatic rings. The summed E-state index contributed by atoms with van der Waals surface area (Å²) < 4.78 is 5.91. The lowest BCUT2D eigenvalue weighted by Gasteiger charge is -2.24. The van der Waals surface area contributed by atoms with Crippen LogP contribution in [-0.4, -0.2) is 46.9 Å². The summed E-state index contributed by atoms with van der Waals surface area (Å²) in [6.07, 6.45) is 49.2. The predicted octanol–water partition coefficient (Wildman–Crippen LogP) is 13.7. The van der Waals surface area contributed by atoms with Crippen molar-refractivity contribution in [3.8, 4) is 0 Å². The Kier molecular flexibility index (Phi) is 41.7. The fraction of sp³-hybridized carbons (Fsp3) is 0.837. The van der Waals surface area contributed by atoms with Crippen LogP contribution in [0.5, 0.6) is 0 Å². The molecule has 6 nitrogen and oxygen atoms in total. The number of allylic oxidation sites excluding steroid dienone is 6. The first-order valence-electron chi connectivity index (χ1n) is 23.7. The number of carbonyl (C=O) groups is 2. The SMILES string of the molecule is CC/C=C/C/C=C/CCCCCCCCCC(=O)OC(CCCCCCC/C=C\CCCCCC)CC(=O)NC(CO)C(O)CCCCCCCCCCC. The van der Waals surface area contributed by atoms with Crippen LogP contribution in [0.2, 0.25) is 0 Å². The fourth-order valence-corrected chi connectivity index (χ4v) is 7.11. The van der Waals surface area contributed by atoms with E-state index in [1.54, 1.807) is 0 Å². The maximum absolute atomic E-state index is 13.1. The molecule has 0 bridgehead atoms. The highest BCUT2D eigenvalue weighted by molar-refractivity contribution is 5.77. The van der Waals surface area contributed by atoms with Crippen molar-refractivity contribution in [3.63, 3.8) is 0 Å². The van der Waals surface area contributed by atoms with Crippen LogP contribution in [0.15, 0.2) is 36.5 Å². The van der Waals surface area contributed by atoms with Crippen molar-refractivity contribution >= 4 is 11.9 Å². The molecule has 322 valence electrons. The van der Waals surface area contributed by atoms with Crippen LogP contribution in [0.4, 0.5) is 0 Å². The molecule has 0 aliphatic rings. The van der Waals surface area contributed by atoms with E-state index >= 15 is 0 Å². The monoisotopic (exact) mass is 774 g/mol. The predicted molar refractivity (Wildman–Crippen MR) is 236 cm³/mol. The molecule has 0 radical (unpaired) electrons. The van der Waals surface area contributed by atoms with Gasteiger partial charge in [-0.15, -0.1) is 0 Å². The number of hydrogen-bond donors (Lipinski definition) is 3. The number of rotatable bonds is 42. The third-order valence-corrected chi connectivity index (χ3v) is 10.7. The van der Waals surface area contributed by atoms with E-state index in [2.05, 4.69) is 62.5 Å². The highest BCUT2D eigenvalue weighted by Crippen LogP contribution is 2.17. The average Bonchev–Trinajstić information content (AvgIpc) is 3.18. The minimum Gasteiger partial charge on any atom is -0.462 e. The Hall–Kier alpha value is -1.92. The highest BCUT2D eigenvalue weighted by Gasteiger charge is 2.24. The van der Waals surface area contributed by atoms with Gasteiger partial charge in [0, 0.05) is 6.42 Å². The number of amides is 1. The molecule has 0 saturated carbocycles. The summed E-state index contributed by atoms with van der Waals surface area (Å²) in [5.41, 5.74) is 0. The van der Waals surface area contributed by atoms with Crippen molar-refractivity contribution in [2.45, 2.75) is 257 Å². The molecule has 0 heterocycles. The Bertz CT molecular complexity index is 915. The van der Waals surface area contributed by atoms with E-state index in [9.17, 15) is 19.8 Å². The van der Waals surface area contributed by atoms with Crippen LogP contribution in [0, 0.1) is 0 Å². The molecule has 0 fully saturated rings. The zero-order chi connectivity index (χ0) is 40.3. The minimum absolute atomic E-state index is 0.0701. The summed E-state index contributed by atoms with van der Waals surface area (Å²) in [4.78, 5) is 26.0. The first-order valence-corrected chi connectivity index (χ1v) is 23.7. The van der Waals surface area contributed by atoms with Gasteiger partial charge >= 0.3 is 5.97 Å². The Labute approximate surface area is 341 Å². The van der Waals surface area contributed by atoms with Crippen molar-refractivity contribution < 1.29 is 24.5 Å². The second-order valence-electron chi connectivity index (χ2n) is 16.1. The third-order valence-electron chi connectivity index (χ3n) is 10.7. The van der Waals surface area contributed by atoms with Crippen LogP contribution >= 0.6 is 0 Å². The normalized spacial score (nSPS) is 13.6. The quantitative estimate of drug-likeness (QED) is 0.0326. The summed E-state index contributed by atoms with van der Waals surface area (Å²) in [7, 11) is 0. The van der Waals surface area contributed by atoms with Gasteiger partial charge in [0.1, 0.15) is 6.10 Å². The van der Waals surface area contributed by atoms with Crippen molar-refractivity contribution in [1.82, 2.24) is 5.32 Å². The number of aliphatic hydroxyl groups is 2. The molecule has 3 atom stereocenters. The molecular formula is C49H91NO5. The molecule has 0 saturated heterocycles. The van der Waals surface area contributed by atoms with Crippen molar-refractivity contribution in [1.29, 1.82) is 0 Å². The number of esters is 1. The zero-order valence-electron chi connectivity index (χ0n) is 36.6. The van der Waals surface area contributed by atoms with Crippen LogP contribution in [0.25, 0.3) is 0 Å². The van der Waals surface area contributed by atoms with Crippen molar-refractivity contribution in [3.05, 3.63) is 36.5 Å². The van der Waals surface area contributed by atoms with Gasteiger partial charge in [-0.2, -0.15) is 0 Å². The molecule has 0 aromatic carbocycles. The van der Waals surface area contributed by atoms with Gasteiger partial charge in [0.05, 0.1) is 25.2 Å². The number of ether oxygens (including phenoxy) is 1. The first kappa shape index (κ1) is 53.1. The van der Waals surface area contributed by atoms with E-state index < -0.39 is 18.2 Å². The number of carbonyl (C=O) groups excluding carboxylic acids is 2. The molecule has 0 aliphatic heterocycles. The summed E-state index contributed by atoms with van der Waals surface area (Å²) in [6, 6.07) is -0.701. The van der Waals surface area contributed by atoms with Gasteiger partial charge in [0.15, 0.2) is 0 Å². The second-order valence-corrected chi connectivity index (χ2v) is 16.1. The maximum atomic E-state index is 13.1. The Morgan fingerprint density at radius 3 is 1.51 bits per heavy atom. The lowest BCUT2D eigenvalue weighted by Crippen LogP contribution is -2.46. The number of unbranched alkanes of at least 4 members (excludes halogenated alkanes) is 24. The molecule has 0 spiro atoms. The van der Waals surface area contributed by atoms with Crippen LogP contribution in [0.3, 0.4) is 0 Å². The Balaban J connectivity index is 4.60. The molecule has 55 heavy (non-hydrogen) atoms. The molecule has 0 rings (SSSR count). The van der Waals surface area contributed by atoms with Crippen molar-refractivity contribution in [2.24, 2.45) is 0 Å². The molecule has 1 amide bonds. The molecule has 3 N–H and O–H groups in total. The van der Waals surface area contributed by atoms with E-state index in [0.29, 0.717) is 19.3 Å². The van der Waals surface area contributed by atoms with Crippen LogP contribution in [-0.2, 0) is 14.3 Å². The Morgan fingerprint density at radius 2 is 0.982 bits per heavy atom. The summed E-state index contributed by atoms with van der Waals surface area (Å²) in [5, 5.41) is 23.6. The number of nitrogens with one attached hydrogen (secondary N) is 1. The molecule has 0 aromatic heterocycles.